The summed E-state index contributed by atoms with van der Waals surface area (Å²) >= 11 is 0. The van der Waals surface area contributed by atoms with Gasteiger partial charge in [-0.3, -0.25) is 14.7 Å². The van der Waals surface area contributed by atoms with E-state index in [4.69, 9.17) is 4.74 Å². The van der Waals surface area contributed by atoms with Crippen LogP contribution in [0.25, 0.3) is 0 Å². The van der Waals surface area contributed by atoms with Gasteiger partial charge >= 0.3 is 0 Å². The summed E-state index contributed by atoms with van der Waals surface area (Å²) in [6.45, 7) is 3.06. The second-order valence-corrected chi connectivity index (χ2v) is 8.11. The highest BCUT2D eigenvalue weighted by Gasteiger charge is 2.28. The van der Waals surface area contributed by atoms with Crippen molar-refractivity contribution < 1.29 is 14.6 Å². The van der Waals surface area contributed by atoms with Crippen LogP contribution in [-0.4, -0.2) is 71.7 Å². The van der Waals surface area contributed by atoms with Crippen LogP contribution >= 0.6 is 0 Å². The van der Waals surface area contributed by atoms with E-state index in [0.29, 0.717) is 13.1 Å². The number of carbonyl (C=O) groups excluding carboxylic acids is 1. The second kappa shape index (κ2) is 9.45. The third-order valence-corrected chi connectivity index (χ3v) is 6.02. The molecule has 2 aliphatic rings. The van der Waals surface area contributed by atoms with Crippen molar-refractivity contribution in [3.8, 4) is 5.75 Å². The van der Waals surface area contributed by atoms with Crippen molar-refractivity contribution >= 4 is 11.6 Å². The number of carbonyl (C=O) groups is 1. The Labute approximate surface area is 177 Å². The molecule has 160 valence electrons. The highest BCUT2D eigenvalue weighted by Crippen LogP contribution is 2.32. The molecule has 2 atom stereocenters. The maximum Gasteiger partial charge on any atom is 0.260 e. The summed E-state index contributed by atoms with van der Waals surface area (Å²) in [5, 5.41) is 13.3. The highest BCUT2D eigenvalue weighted by atomic mass is 16.5. The third-order valence-electron chi connectivity index (χ3n) is 6.02. The van der Waals surface area contributed by atoms with Gasteiger partial charge in [0.1, 0.15) is 5.75 Å². The lowest BCUT2D eigenvalue weighted by molar-refractivity contribution is -0.134. The van der Waals surface area contributed by atoms with Gasteiger partial charge in [-0.15, -0.1) is 0 Å². The van der Waals surface area contributed by atoms with Crippen molar-refractivity contribution in [3.63, 3.8) is 0 Å². The number of para-hydroxylation sites is 1. The molecule has 3 heterocycles. The van der Waals surface area contributed by atoms with Crippen molar-refractivity contribution in [2.45, 2.75) is 31.4 Å². The van der Waals surface area contributed by atoms with E-state index in [9.17, 15) is 9.90 Å². The number of hydrogen-bond donors (Lipinski definition) is 2. The molecule has 0 radical (unpaired) electrons. The summed E-state index contributed by atoms with van der Waals surface area (Å²) in [5.74, 6) is 0.655. The summed E-state index contributed by atoms with van der Waals surface area (Å²) in [5.41, 5.74) is 3.28. The van der Waals surface area contributed by atoms with Crippen molar-refractivity contribution in [2.75, 3.05) is 45.2 Å². The third kappa shape index (κ3) is 4.74. The van der Waals surface area contributed by atoms with Gasteiger partial charge in [0, 0.05) is 45.6 Å². The molecule has 1 aromatic carbocycles. The van der Waals surface area contributed by atoms with E-state index in [1.54, 1.807) is 17.3 Å². The lowest BCUT2D eigenvalue weighted by atomic mass is 10.0. The van der Waals surface area contributed by atoms with Crippen molar-refractivity contribution in [1.82, 2.24) is 14.8 Å². The molecule has 2 aromatic rings. The van der Waals surface area contributed by atoms with E-state index in [0.717, 1.165) is 49.4 Å². The number of amides is 1. The Morgan fingerprint density at radius 3 is 2.97 bits per heavy atom. The monoisotopic (exact) mass is 410 g/mol. The summed E-state index contributed by atoms with van der Waals surface area (Å²) in [6, 6.07) is 9.76. The molecular formula is C23H30N4O3. The Morgan fingerprint density at radius 2 is 2.20 bits per heavy atom. The SMILES string of the molecule is CN(C(=O)COc1cccc2c1NCCC2)[C@H](CN1CCC(O)C1)c1ccncc1. The quantitative estimate of drug-likeness (QED) is 0.728. The highest BCUT2D eigenvalue weighted by molar-refractivity contribution is 5.78. The number of aliphatic hydroxyl groups is 1. The lowest BCUT2D eigenvalue weighted by Gasteiger charge is -2.32. The van der Waals surface area contributed by atoms with Gasteiger partial charge in [0.15, 0.2) is 6.61 Å². The zero-order chi connectivity index (χ0) is 20.9. The van der Waals surface area contributed by atoms with Crippen LogP contribution in [0.5, 0.6) is 5.75 Å². The van der Waals surface area contributed by atoms with Gasteiger partial charge in [-0.2, -0.15) is 0 Å². The number of pyridine rings is 1. The molecule has 2 N–H and O–H groups in total. The van der Waals surface area contributed by atoms with Crippen LogP contribution < -0.4 is 10.1 Å². The number of likely N-dealkylation sites (tertiary alicyclic amines) is 1. The molecule has 4 rings (SSSR count). The number of likely N-dealkylation sites (N-methyl/N-ethyl adjacent to an activating group) is 1. The van der Waals surface area contributed by atoms with E-state index in [1.807, 2.05) is 31.3 Å². The number of aliphatic hydroxyl groups excluding tert-OH is 1. The minimum Gasteiger partial charge on any atom is -0.482 e. The molecule has 1 aromatic heterocycles. The average molecular weight is 411 g/mol. The molecule has 1 saturated heterocycles. The van der Waals surface area contributed by atoms with Crippen LogP contribution in [0.3, 0.4) is 0 Å². The molecular weight excluding hydrogens is 380 g/mol. The molecule has 1 unspecified atom stereocenters. The van der Waals surface area contributed by atoms with Crippen molar-refractivity contribution in [2.24, 2.45) is 0 Å². The number of hydrogen-bond acceptors (Lipinski definition) is 6. The van der Waals surface area contributed by atoms with Crippen LogP contribution in [-0.2, 0) is 11.2 Å². The molecule has 0 bridgehead atoms. The summed E-state index contributed by atoms with van der Waals surface area (Å²) in [6.07, 6.45) is 6.12. The van der Waals surface area contributed by atoms with Crippen LogP contribution in [0.1, 0.15) is 30.0 Å². The summed E-state index contributed by atoms with van der Waals surface area (Å²) in [4.78, 5) is 21.1. The first-order valence-electron chi connectivity index (χ1n) is 10.7. The fourth-order valence-electron chi connectivity index (χ4n) is 4.27. The van der Waals surface area contributed by atoms with Gasteiger partial charge in [0.25, 0.3) is 5.91 Å². The number of aromatic nitrogens is 1. The van der Waals surface area contributed by atoms with Gasteiger partial charge in [-0.1, -0.05) is 12.1 Å². The van der Waals surface area contributed by atoms with Crippen LogP contribution in [0.4, 0.5) is 5.69 Å². The number of aryl methyl sites for hydroxylation is 1. The number of ether oxygens (including phenoxy) is 1. The predicted octanol–water partition coefficient (Wildman–Crippen LogP) is 2.08. The van der Waals surface area contributed by atoms with E-state index in [-0.39, 0.29) is 24.7 Å². The molecule has 30 heavy (non-hydrogen) atoms. The summed E-state index contributed by atoms with van der Waals surface area (Å²) < 4.78 is 5.94. The standard InChI is InChI=1S/C23H30N4O3/c1-26(20(17-7-11-24-12-8-17)15-27-13-9-19(28)14-27)22(29)16-30-21-6-2-4-18-5-3-10-25-23(18)21/h2,4,6-8,11-12,19-20,25,28H,3,5,9-10,13-16H2,1H3/t19?,20-/m1/s1. The van der Waals surface area contributed by atoms with Crippen LogP contribution in [0.15, 0.2) is 42.7 Å². The van der Waals surface area contributed by atoms with Gasteiger partial charge < -0.3 is 20.1 Å². The van der Waals surface area contributed by atoms with Gasteiger partial charge in [-0.25, -0.2) is 0 Å². The number of nitrogens with one attached hydrogen (secondary N) is 1. The van der Waals surface area contributed by atoms with E-state index in [1.165, 1.54) is 5.56 Å². The van der Waals surface area contributed by atoms with Gasteiger partial charge in [0.05, 0.1) is 17.8 Å². The maximum absolute atomic E-state index is 13.0. The molecule has 7 nitrogen and oxygen atoms in total. The molecule has 0 saturated carbocycles. The molecule has 0 spiro atoms. The zero-order valence-electron chi connectivity index (χ0n) is 17.5. The number of β-amino-alcohol motifs (C(OH)–C–C–N with tert-alkyl or cyclic N) is 1. The van der Waals surface area contributed by atoms with Crippen molar-refractivity contribution in [1.29, 1.82) is 0 Å². The molecule has 1 amide bonds. The largest absolute Gasteiger partial charge is 0.482 e. The predicted molar refractivity (Wildman–Crippen MR) is 116 cm³/mol. The Kier molecular flexibility index (Phi) is 6.50. The maximum atomic E-state index is 13.0. The average Bonchev–Trinajstić information content (AvgIpc) is 3.20. The van der Waals surface area contributed by atoms with E-state index < -0.39 is 0 Å². The lowest BCUT2D eigenvalue weighted by Crippen LogP contribution is -2.41. The Morgan fingerprint density at radius 1 is 1.37 bits per heavy atom. The topological polar surface area (TPSA) is 77.9 Å². The number of benzene rings is 1. The minimum absolute atomic E-state index is 0.0150. The Bertz CT molecular complexity index is 861. The van der Waals surface area contributed by atoms with Crippen LogP contribution in [0, 0.1) is 0 Å². The fraction of sp³-hybridized carbons (Fsp3) is 0.478. The zero-order valence-corrected chi connectivity index (χ0v) is 17.5. The van der Waals surface area contributed by atoms with Crippen molar-refractivity contribution in [3.05, 3.63) is 53.9 Å². The van der Waals surface area contributed by atoms with E-state index >= 15 is 0 Å². The Balaban J connectivity index is 1.44. The number of anilines is 1. The Hall–Kier alpha value is -2.64. The number of nitrogens with zero attached hydrogens (tertiary/aromatic N) is 3. The molecule has 0 aliphatic carbocycles. The van der Waals surface area contributed by atoms with Gasteiger partial charge in [0.2, 0.25) is 0 Å². The summed E-state index contributed by atoms with van der Waals surface area (Å²) in [7, 11) is 1.82. The normalized spacial score (nSPS) is 19.6. The first-order valence-corrected chi connectivity index (χ1v) is 10.7. The van der Waals surface area contributed by atoms with E-state index in [2.05, 4.69) is 21.3 Å². The smallest absolute Gasteiger partial charge is 0.260 e. The minimum atomic E-state index is -0.288. The van der Waals surface area contributed by atoms with Crippen LogP contribution in [0.2, 0.25) is 0 Å². The number of rotatable bonds is 7. The molecule has 1 fully saturated rings. The first-order chi connectivity index (χ1) is 14.6. The first kappa shape index (κ1) is 20.6. The number of fused-ring (bicyclic) bond motifs is 1. The fourth-order valence-corrected chi connectivity index (χ4v) is 4.27. The molecule has 2 aliphatic heterocycles. The molecule has 7 heteroatoms. The second-order valence-electron chi connectivity index (χ2n) is 8.11. The van der Waals surface area contributed by atoms with Gasteiger partial charge in [-0.05, 0) is 48.6 Å².